The lowest BCUT2D eigenvalue weighted by atomic mass is 10.2. The number of oxazole rings is 1. The number of nitrogens with zero attached hydrogens (tertiary/aromatic N) is 3. The van der Waals surface area contributed by atoms with Gasteiger partial charge in [-0.15, -0.1) is 0 Å². The van der Waals surface area contributed by atoms with Gasteiger partial charge in [0.05, 0.1) is 11.1 Å². The number of fused-ring (bicyclic) bond motifs is 1. The van der Waals surface area contributed by atoms with E-state index in [9.17, 15) is 8.42 Å². The second kappa shape index (κ2) is 5.57. The maximum Gasteiger partial charge on any atom is 0.269 e. The molecule has 0 aliphatic heterocycles. The second-order valence-corrected chi connectivity index (χ2v) is 7.78. The molecule has 0 radical (unpaired) electrons. The molecule has 6 nitrogen and oxygen atoms in total. The number of hydrogen-bond acceptors (Lipinski definition) is 5. The van der Waals surface area contributed by atoms with Gasteiger partial charge in [-0.25, -0.2) is 22.4 Å². The van der Waals surface area contributed by atoms with Crippen LogP contribution in [0.1, 0.15) is 0 Å². The summed E-state index contributed by atoms with van der Waals surface area (Å²) in [5, 5.41) is 0.653. The fourth-order valence-corrected chi connectivity index (χ4v) is 4.17. The van der Waals surface area contributed by atoms with Gasteiger partial charge in [-0.1, -0.05) is 18.2 Å². The van der Waals surface area contributed by atoms with Crippen LogP contribution in [0, 0.1) is 0 Å². The molecule has 3 heterocycles. The van der Waals surface area contributed by atoms with E-state index in [0.29, 0.717) is 22.4 Å². The first kappa shape index (κ1) is 15.1. The Morgan fingerprint density at radius 3 is 2.62 bits per heavy atom. The van der Waals surface area contributed by atoms with Crippen LogP contribution in [0.5, 0.6) is 0 Å². The zero-order chi connectivity index (χ0) is 16.7. The van der Waals surface area contributed by atoms with Crippen LogP contribution in [0.2, 0.25) is 0 Å². The van der Waals surface area contributed by atoms with Gasteiger partial charge in [0.2, 0.25) is 0 Å². The van der Waals surface area contributed by atoms with Gasteiger partial charge in [-0.2, -0.15) is 0 Å². The Labute approximate surface area is 146 Å². The van der Waals surface area contributed by atoms with Gasteiger partial charge in [0, 0.05) is 27.8 Å². The van der Waals surface area contributed by atoms with Crippen LogP contribution < -0.4 is 0 Å². The minimum atomic E-state index is -3.77. The van der Waals surface area contributed by atoms with Crippen molar-refractivity contribution in [1.82, 2.24) is 13.9 Å². The zero-order valence-electron chi connectivity index (χ0n) is 12.1. The third kappa shape index (κ3) is 2.35. The number of halogens is 1. The average molecular weight is 404 g/mol. The summed E-state index contributed by atoms with van der Waals surface area (Å²) in [5.41, 5.74) is 0.934. The van der Waals surface area contributed by atoms with Crippen molar-refractivity contribution in [2.75, 3.05) is 0 Å². The van der Waals surface area contributed by atoms with Gasteiger partial charge in [-0.05, 0) is 34.1 Å². The molecule has 0 N–H and O–H groups in total. The van der Waals surface area contributed by atoms with E-state index < -0.39 is 10.0 Å². The Morgan fingerprint density at radius 2 is 1.92 bits per heavy atom. The molecule has 8 heteroatoms. The molecule has 0 aliphatic carbocycles. The predicted molar refractivity (Wildman–Crippen MR) is 92.0 cm³/mol. The predicted octanol–water partition coefficient (Wildman–Crippen LogP) is 3.69. The van der Waals surface area contributed by atoms with Crippen molar-refractivity contribution in [3.05, 3.63) is 65.9 Å². The molecule has 0 bridgehead atoms. The van der Waals surface area contributed by atoms with Gasteiger partial charge in [0.25, 0.3) is 10.0 Å². The molecule has 120 valence electrons. The lowest BCUT2D eigenvalue weighted by Gasteiger charge is -2.06. The van der Waals surface area contributed by atoms with E-state index in [4.69, 9.17) is 4.42 Å². The van der Waals surface area contributed by atoms with Crippen LogP contribution in [-0.2, 0) is 10.0 Å². The zero-order valence-corrected chi connectivity index (χ0v) is 14.5. The van der Waals surface area contributed by atoms with E-state index in [2.05, 4.69) is 25.9 Å². The fraction of sp³-hybridized carbons (Fsp3) is 0. The van der Waals surface area contributed by atoms with Gasteiger partial charge >= 0.3 is 0 Å². The number of aromatic nitrogens is 3. The summed E-state index contributed by atoms with van der Waals surface area (Å²) < 4.78 is 33.2. The van der Waals surface area contributed by atoms with E-state index in [1.165, 1.54) is 22.8 Å². The number of hydrogen-bond donors (Lipinski definition) is 0. The molecular formula is C16H10BrN3O3S. The lowest BCUT2D eigenvalue weighted by molar-refractivity contribution is 0.572. The summed E-state index contributed by atoms with van der Waals surface area (Å²) in [6.07, 6.45) is 5.90. The van der Waals surface area contributed by atoms with Gasteiger partial charge in [0.15, 0.2) is 17.8 Å². The summed E-state index contributed by atoms with van der Waals surface area (Å²) in [7, 11) is -3.77. The molecule has 0 aliphatic rings. The molecule has 0 saturated carbocycles. The maximum atomic E-state index is 13.0. The first-order valence-corrected chi connectivity index (χ1v) is 9.17. The monoisotopic (exact) mass is 403 g/mol. The minimum Gasteiger partial charge on any atom is -0.443 e. The van der Waals surface area contributed by atoms with Crippen molar-refractivity contribution in [2.45, 2.75) is 4.90 Å². The summed E-state index contributed by atoms with van der Waals surface area (Å²) in [5.74, 6) is 0.474. The lowest BCUT2D eigenvalue weighted by Crippen LogP contribution is -2.12. The summed E-state index contributed by atoms with van der Waals surface area (Å²) in [4.78, 5) is 8.37. The average Bonchev–Trinajstić information content (AvgIpc) is 3.22. The van der Waals surface area contributed by atoms with Crippen LogP contribution in [-0.4, -0.2) is 22.4 Å². The molecule has 1 aromatic carbocycles. The molecule has 4 aromatic rings. The van der Waals surface area contributed by atoms with Crippen molar-refractivity contribution >= 4 is 37.0 Å². The van der Waals surface area contributed by atoms with Crippen LogP contribution in [0.25, 0.3) is 22.4 Å². The van der Waals surface area contributed by atoms with E-state index in [-0.39, 0.29) is 4.90 Å². The second-order valence-electron chi connectivity index (χ2n) is 5.05. The first-order chi connectivity index (χ1) is 11.6. The third-order valence-electron chi connectivity index (χ3n) is 3.58. The van der Waals surface area contributed by atoms with E-state index in [1.807, 2.05) is 0 Å². The maximum absolute atomic E-state index is 13.0. The highest BCUT2D eigenvalue weighted by molar-refractivity contribution is 9.10. The van der Waals surface area contributed by atoms with Crippen molar-refractivity contribution < 1.29 is 12.8 Å². The molecule has 24 heavy (non-hydrogen) atoms. The fourth-order valence-electron chi connectivity index (χ4n) is 2.49. The Balaban J connectivity index is 2.04. The number of benzene rings is 1. The van der Waals surface area contributed by atoms with Gasteiger partial charge in [-0.3, -0.25) is 0 Å². The Hall–Kier alpha value is -2.45. The first-order valence-electron chi connectivity index (χ1n) is 6.93. The van der Waals surface area contributed by atoms with Crippen LogP contribution >= 0.6 is 15.9 Å². The van der Waals surface area contributed by atoms with Crippen molar-refractivity contribution in [3.8, 4) is 11.3 Å². The molecule has 0 atom stereocenters. The van der Waals surface area contributed by atoms with E-state index >= 15 is 0 Å². The van der Waals surface area contributed by atoms with E-state index in [1.54, 1.807) is 42.6 Å². The molecule has 0 amide bonds. The minimum absolute atomic E-state index is 0.190. The number of pyridine rings is 1. The standard InChI is InChI=1S/C16H10BrN3O3S/c17-11-6-13-14(15-8-18-10-23-15)9-20(16(13)19-7-11)24(21,22)12-4-2-1-3-5-12/h1-10H. The van der Waals surface area contributed by atoms with Crippen LogP contribution in [0.15, 0.2) is 75.2 Å². The quantitative estimate of drug-likeness (QED) is 0.521. The Bertz CT molecular complexity index is 1120. The van der Waals surface area contributed by atoms with Crippen molar-refractivity contribution in [3.63, 3.8) is 0 Å². The Kier molecular flexibility index (Phi) is 3.50. The van der Waals surface area contributed by atoms with E-state index in [0.717, 1.165) is 4.47 Å². The highest BCUT2D eigenvalue weighted by atomic mass is 79.9. The van der Waals surface area contributed by atoms with Gasteiger partial charge in [0.1, 0.15) is 0 Å². The van der Waals surface area contributed by atoms with Gasteiger partial charge < -0.3 is 4.42 Å². The molecule has 3 aromatic heterocycles. The van der Waals surface area contributed by atoms with Crippen LogP contribution in [0.3, 0.4) is 0 Å². The largest absolute Gasteiger partial charge is 0.443 e. The summed E-state index contributed by atoms with van der Waals surface area (Å²) in [6.45, 7) is 0. The summed E-state index contributed by atoms with van der Waals surface area (Å²) >= 11 is 3.37. The Morgan fingerprint density at radius 1 is 1.12 bits per heavy atom. The topological polar surface area (TPSA) is 78.0 Å². The SMILES string of the molecule is O=S(=O)(c1ccccc1)n1cc(-c2cnco2)c2cc(Br)cnc21. The molecular weight excluding hydrogens is 394 g/mol. The smallest absolute Gasteiger partial charge is 0.269 e. The molecule has 4 rings (SSSR count). The van der Waals surface area contributed by atoms with Crippen molar-refractivity contribution in [2.24, 2.45) is 0 Å². The highest BCUT2D eigenvalue weighted by Crippen LogP contribution is 2.33. The van der Waals surface area contributed by atoms with Crippen molar-refractivity contribution in [1.29, 1.82) is 0 Å². The molecule has 0 spiro atoms. The summed E-state index contributed by atoms with van der Waals surface area (Å²) in [6, 6.07) is 10.0. The molecule has 0 saturated heterocycles. The third-order valence-corrected chi connectivity index (χ3v) is 5.67. The number of rotatable bonds is 3. The normalized spacial score (nSPS) is 11.9. The molecule has 0 unspecified atom stereocenters. The highest BCUT2D eigenvalue weighted by Gasteiger charge is 2.23. The molecule has 0 fully saturated rings. The van der Waals surface area contributed by atoms with Crippen LogP contribution in [0.4, 0.5) is 0 Å².